The molecule has 1 heterocycles. The minimum Gasteiger partial charge on any atom is -0.444 e. The molecule has 0 radical (unpaired) electrons. The highest BCUT2D eigenvalue weighted by Crippen LogP contribution is 2.20. The molecule has 0 unspecified atom stereocenters. The van der Waals surface area contributed by atoms with Crippen molar-refractivity contribution in [2.24, 2.45) is 0 Å². The number of carbonyl (C=O) groups excluding carboxylic acids is 1. The number of benzene rings is 1. The first kappa shape index (κ1) is 13.6. The summed E-state index contributed by atoms with van der Waals surface area (Å²) in [6, 6.07) is 7.08. The Bertz CT molecular complexity index is 551. The average molecular weight is 281 g/mol. The van der Waals surface area contributed by atoms with Crippen LogP contribution in [0, 0.1) is 0 Å². The molecule has 0 bridgehead atoms. The minimum atomic E-state index is -0.204. The van der Waals surface area contributed by atoms with E-state index in [-0.39, 0.29) is 25.5 Å². The maximum Gasteiger partial charge on any atom is 0.226 e. The number of aliphatic hydroxyl groups is 1. The molecular formula is C13H13ClN2O3. The Morgan fingerprint density at radius 3 is 2.79 bits per heavy atom. The Balaban J connectivity index is 2.02. The van der Waals surface area contributed by atoms with E-state index in [9.17, 15) is 4.79 Å². The van der Waals surface area contributed by atoms with Crippen molar-refractivity contribution in [3.8, 4) is 11.5 Å². The smallest absolute Gasteiger partial charge is 0.226 e. The molecule has 0 spiro atoms. The molecule has 0 atom stereocenters. The normalized spacial score (nSPS) is 10.4. The summed E-state index contributed by atoms with van der Waals surface area (Å²) in [5, 5.41) is 11.8. The van der Waals surface area contributed by atoms with Gasteiger partial charge in [0.2, 0.25) is 11.8 Å². The topological polar surface area (TPSA) is 75.4 Å². The van der Waals surface area contributed by atoms with Crippen LogP contribution in [0.25, 0.3) is 11.5 Å². The molecule has 1 aromatic heterocycles. The third kappa shape index (κ3) is 3.81. The fourth-order valence-electron chi connectivity index (χ4n) is 1.54. The molecule has 2 rings (SSSR count). The van der Waals surface area contributed by atoms with Crippen LogP contribution in [-0.4, -0.2) is 29.1 Å². The number of nitrogens with zero attached hydrogens (tertiary/aromatic N) is 1. The van der Waals surface area contributed by atoms with Gasteiger partial charge in [0.25, 0.3) is 0 Å². The Hall–Kier alpha value is -1.85. The van der Waals surface area contributed by atoms with Crippen LogP contribution in [0.5, 0.6) is 0 Å². The SMILES string of the molecule is O=C(Cc1coc(-c2ccc(Cl)cc2)n1)NCCO. The van der Waals surface area contributed by atoms with E-state index in [1.165, 1.54) is 6.26 Å². The van der Waals surface area contributed by atoms with Crippen molar-refractivity contribution >= 4 is 17.5 Å². The summed E-state index contributed by atoms with van der Waals surface area (Å²) in [6.07, 6.45) is 1.57. The highest BCUT2D eigenvalue weighted by Gasteiger charge is 2.10. The number of hydrogen-bond donors (Lipinski definition) is 2. The zero-order valence-corrected chi connectivity index (χ0v) is 10.9. The number of rotatable bonds is 5. The lowest BCUT2D eigenvalue weighted by molar-refractivity contribution is -0.120. The van der Waals surface area contributed by atoms with Gasteiger partial charge < -0.3 is 14.8 Å². The molecule has 1 amide bonds. The van der Waals surface area contributed by atoms with Crippen molar-refractivity contribution in [3.63, 3.8) is 0 Å². The summed E-state index contributed by atoms with van der Waals surface area (Å²) in [7, 11) is 0. The van der Waals surface area contributed by atoms with E-state index >= 15 is 0 Å². The molecule has 0 aliphatic rings. The Morgan fingerprint density at radius 2 is 2.11 bits per heavy atom. The number of oxazole rings is 1. The van der Waals surface area contributed by atoms with Gasteiger partial charge in [0.05, 0.1) is 18.7 Å². The molecule has 1 aromatic carbocycles. The number of aliphatic hydroxyl groups excluding tert-OH is 1. The second-order valence-electron chi connectivity index (χ2n) is 3.90. The molecule has 0 saturated heterocycles. The molecule has 6 heteroatoms. The quantitative estimate of drug-likeness (QED) is 0.873. The lowest BCUT2D eigenvalue weighted by atomic mass is 10.2. The molecule has 0 saturated carbocycles. The van der Waals surface area contributed by atoms with Crippen LogP contribution < -0.4 is 5.32 Å². The second kappa shape index (κ2) is 6.36. The van der Waals surface area contributed by atoms with Gasteiger partial charge in [-0.2, -0.15) is 0 Å². The number of halogens is 1. The Labute approximate surface area is 115 Å². The number of hydrogen-bond acceptors (Lipinski definition) is 4. The molecule has 2 aromatic rings. The largest absolute Gasteiger partial charge is 0.444 e. The lowest BCUT2D eigenvalue weighted by Crippen LogP contribution is -2.27. The van der Waals surface area contributed by atoms with Crippen LogP contribution in [-0.2, 0) is 11.2 Å². The van der Waals surface area contributed by atoms with E-state index in [1.54, 1.807) is 24.3 Å². The van der Waals surface area contributed by atoms with Crippen molar-refractivity contribution in [2.45, 2.75) is 6.42 Å². The maximum absolute atomic E-state index is 11.4. The molecule has 5 nitrogen and oxygen atoms in total. The van der Waals surface area contributed by atoms with Gasteiger partial charge in [-0.1, -0.05) is 11.6 Å². The van der Waals surface area contributed by atoms with Gasteiger partial charge in [0, 0.05) is 17.1 Å². The third-order valence-corrected chi connectivity index (χ3v) is 2.67. The van der Waals surface area contributed by atoms with E-state index in [2.05, 4.69) is 10.3 Å². The van der Waals surface area contributed by atoms with Crippen molar-refractivity contribution < 1.29 is 14.3 Å². The van der Waals surface area contributed by atoms with Crippen LogP contribution in [0.3, 0.4) is 0 Å². The fourth-order valence-corrected chi connectivity index (χ4v) is 1.66. The molecule has 0 fully saturated rings. The zero-order chi connectivity index (χ0) is 13.7. The van der Waals surface area contributed by atoms with E-state index in [0.717, 1.165) is 5.56 Å². The van der Waals surface area contributed by atoms with Gasteiger partial charge in [0.15, 0.2) is 0 Å². The van der Waals surface area contributed by atoms with Gasteiger partial charge >= 0.3 is 0 Å². The number of amides is 1. The molecule has 100 valence electrons. The van der Waals surface area contributed by atoms with Crippen LogP contribution >= 0.6 is 11.6 Å². The summed E-state index contributed by atoms with van der Waals surface area (Å²) in [5.41, 5.74) is 1.34. The van der Waals surface area contributed by atoms with Crippen molar-refractivity contribution in [3.05, 3.63) is 41.2 Å². The van der Waals surface area contributed by atoms with Crippen LogP contribution in [0.1, 0.15) is 5.69 Å². The van der Waals surface area contributed by atoms with Gasteiger partial charge in [-0.3, -0.25) is 4.79 Å². The minimum absolute atomic E-state index is 0.0828. The number of carbonyl (C=O) groups is 1. The summed E-state index contributed by atoms with van der Waals surface area (Å²) in [5.74, 6) is 0.242. The van der Waals surface area contributed by atoms with Crippen molar-refractivity contribution in [2.75, 3.05) is 13.2 Å². The van der Waals surface area contributed by atoms with E-state index in [1.807, 2.05) is 0 Å². The van der Waals surface area contributed by atoms with E-state index in [4.69, 9.17) is 21.1 Å². The van der Waals surface area contributed by atoms with Crippen molar-refractivity contribution in [1.29, 1.82) is 0 Å². The van der Waals surface area contributed by atoms with Gasteiger partial charge in [-0.25, -0.2) is 4.98 Å². The number of aromatic nitrogens is 1. The van der Waals surface area contributed by atoms with E-state index in [0.29, 0.717) is 16.6 Å². The number of nitrogens with one attached hydrogen (secondary N) is 1. The Kier molecular flexibility index (Phi) is 4.54. The van der Waals surface area contributed by atoms with Crippen LogP contribution in [0.4, 0.5) is 0 Å². The monoisotopic (exact) mass is 280 g/mol. The third-order valence-electron chi connectivity index (χ3n) is 2.42. The van der Waals surface area contributed by atoms with Crippen LogP contribution in [0.2, 0.25) is 5.02 Å². The summed E-state index contributed by atoms with van der Waals surface area (Å²) >= 11 is 5.80. The predicted octanol–water partition coefficient (Wildman–Crippen LogP) is 1.65. The van der Waals surface area contributed by atoms with Crippen LogP contribution in [0.15, 0.2) is 34.9 Å². The first-order chi connectivity index (χ1) is 9.19. The molecular weight excluding hydrogens is 268 g/mol. The summed E-state index contributed by atoms with van der Waals surface area (Å²) < 4.78 is 5.31. The maximum atomic E-state index is 11.4. The molecule has 19 heavy (non-hydrogen) atoms. The predicted molar refractivity (Wildman–Crippen MR) is 70.7 cm³/mol. The zero-order valence-electron chi connectivity index (χ0n) is 10.1. The van der Waals surface area contributed by atoms with Gasteiger partial charge in [-0.05, 0) is 24.3 Å². The summed E-state index contributed by atoms with van der Waals surface area (Å²) in [4.78, 5) is 15.7. The highest BCUT2D eigenvalue weighted by molar-refractivity contribution is 6.30. The van der Waals surface area contributed by atoms with E-state index < -0.39 is 0 Å². The van der Waals surface area contributed by atoms with Gasteiger partial charge in [0.1, 0.15) is 6.26 Å². The average Bonchev–Trinajstić information content (AvgIpc) is 2.85. The standard InChI is InChI=1S/C13H13ClN2O3/c14-10-3-1-9(2-4-10)13-16-11(8-19-13)7-12(18)15-5-6-17/h1-4,8,17H,5-7H2,(H,15,18). The van der Waals surface area contributed by atoms with Gasteiger partial charge in [-0.15, -0.1) is 0 Å². The Morgan fingerprint density at radius 1 is 1.37 bits per heavy atom. The highest BCUT2D eigenvalue weighted by atomic mass is 35.5. The molecule has 0 aliphatic heterocycles. The molecule has 2 N–H and O–H groups in total. The lowest BCUT2D eigenvalue weighted by Gasteiger charge is -1.99. The second-order valence-corrected chi connectivity index (χ2v) is 4.34. The fraction of sp³-hybridized carbons (Fsp3) is 0.231. The summed E-state index contributed by atoms with van der Waals surface area (Å²) in [6.45, 7) is 0.154. The molecule has 0 aliphatic carbocycles. The first-order valence-electron chi connectivity index (χ1n) is 5.77. The van der Waals surface area contributed by atoms with Crippen molar-refractivity contribution in [1.82, 2.24) is 10.3 Å². The first-order valence-corrected chi connectivity index (χ1v) is 6.15.